The average molecular weight is 365 g/mol. The van der Waals surface area contributed by atoms with Gasteiger partial charge in [-0.3, -0.25) is 4.79 Å². The molecule has 25 heavy (non-hydrogen) atoms. The van der Waals surface area contributed by atoms with Gasteiger partial charge in [0, 0.05) is 37.3 Å². The molecule has 7 nitrogen and oxygen atoms in total. The van der Waals surface area contributed by atoms with Gasteiger partial charge in [0.05, 0.1) is 11.3 Å². The van der Waals surface area contributed by atoms with Crippen LogP contribution in [0.4, 0.5) is 15.9 Å². The summed E-state index contributed by atoms with van der Waals surface area (Å²) in [7, 11) is 0. The molecule has 1 aliphatic heterocycles. The maximum Gasteiger partial charge on any atom is 0.363 e. The number of aromatic nitrogens is 1. The van der Waals surface area contributed by atoms with E-state index >= 15 is 0 Å². The molecule has 0 spiro atoms. The molecular formula is C16H14ClFN4O3. The SMILES string of the molecule is O=C(c1ccc(Cl)cc1F)N1CCN(c2ccc([N+](=O)[O-])nc2)CC1. The highest BCUT2D eigenvalue weighted by molar-refractivity contribution is 6.30. The lowest BCUT2D eigenvalue weighted by Crippen LogP contribution is -2.49. The van der Waals surface area contributed by atoms with E-state index in [1.165, 1.54) is 24.4 Å². The summed E-state index contributed by atoms with van der Waals surface area (Å²) >= 11 is 5.71. The van der Waals surface area contributed by atoms with Gasteiger partial charge < -0.3 is 19.9 Å². The fraction of sp³-hybridized carbons (Fsp3) is 0.250. The molecule has 0 unspecified atom stereocenters. The summed E-state index contributed by atoms with van der Waals surface area (Å²) in [6.45, 7) is 1.89. The lowest BCUT2D eigenvalue weighted by molar-refractivity contribution is -0.389. The molecule has 1 aromatic carbocycles. The molecule has 0 bridgehead atoms. The zero-order chi connectivity index (χ0) is 18.0. The Labute approximate surface area is 147 Å². The van der Waals surface area contributed by atoms with E-state index in [0.29, 0.717) is 26.2 Å². The van der Waals surface area contributed by atoms with Crippen LogP contribution in [0.25, 0.3) is 0 Å². The van der Waals surface area contributed by atoms with E-state index in [9.17, 15) is 19.3 Å². The summed E-state index contributed by atoms with van der Waals surface area (Å²) in [5.74, 6) is -1.23. The van der Waals surface area contributed by atoms with Gasteiger partial charge in [-0.1, -0.05) is 11.6 Å². The van der Waals surface area contributed by atoms with Gasteiger partial charge in [-0.2, -0.15) is 0 Å². The number of piperazine rings is 1. The van der Waals surface area contributed by atoms with E-state index in [1.54, 1.807) is 11.0 Å². The zero-order valence-corrected chi connectivity index (χ0v) is 13.8. The van der Waals surface area contributed by atoms with Crippen molar-refractivity contribution in [1.82, 2.24) is 9.88 Å². The Hall–Kier alpha value is -2.74. The quantitative estimate of drug-likeness (QED) is 0.618. The number of rotatable bonds is 3. The third-order valence-electron chi connectivity index (χ3n) is 4.01. The van der Waals surface area contributed by atoms with Crippen LogP contribution < -0.4 is 4.90 Å². The van der Waals surface area contributed by atoms with Crippen LogP contribution in [0.15, 0.2) is 36.5 Å². The van der Waals surface area contributed by atoms with Crippen molar-refractivity contribution in [2.24, 2.45) is 0 Å². The maximum atomic E-state index is 13.9. The molecular weight excluding hydrogens is 351 g/mol. The van der Waals surface area contributed by atoms with Crippen molar-refractivity contribution in [3.05, 3.63) is 63.0 Å². The number of carbonyl (C=O) groups excluding carboxylic acids is 1. The average Bonchev–Trinajstić information content (AvgIpc) is 2.61. The number of hydrogen-bond acceptors (Lipinski definition) is 5. The van der Waals surface area contributed by atoms with Crippen LogP contribution in [-0.2, 0) is 0 Å². The van der Waals surface area contributed by atoms with Crippen molar-refractivity contribution < 1.29 is 14.1 Å². The standard InChI is InChI=1S/C16H14ClFN4O3/c17-11-1-3-13(14(18)9-11)16(23)21-7-5-20(6-8-21)12-2-4-15(19-10-12)22(24)25/h1-4,9-10H,5-8H2. The Morgan fingerprint density at radius 2 is 1.92 bits per heavy atom. The van der Waals surface area contributed by atoms with Crippen LogP contribution in [0.1, 0.15) is 10.4 Å². The Kier molecular flexibility index (Phi) is 4.80. The summed E-state index contributed by atoms with van der Waals surface area (Å²) in [6.07, 6.45) is 1.44. The van der Waals surface area contributed by atoms with Crippen LogP contribution in [0.5, 0.6) is 0 Å². The van der Waals surface area contributed by atoms with E-state index in [4.69, 9.17) is 11.6 Å². The normalized spacial score (nSPS) is 14.5. The highest BCUT2D eigenvalue weighted by Gasteiger charge is 2.25. The molecule has 0 radical (unpaired) electrons. The minimum absolute atomic E-state index is 0.00477. The molecule has 1 aliphatic rings. The molecule has 1 aromatic heterocycles. The van der Waals surface area contributed by atoms with Gasteiger partial charge in [-0.25, -0.2) is 4.39 Å². The Balaban J connectivity index is 1.65. The monoisotopic (exact) mass is 364 g/mol. The van der Waals surface area contributed by atoms with Crippen LogP contribution >= 0.6 is 11.6 Å². The number of halogens is 2. The first-order valence-corrected chi connectivity index (χ1v) is 7.93. The number of benzene rings is 1. The van der Waals surface area contributed by atoms with Gasteiger partial charge in [-0.15, -0.1) is 0 Å². The second-order valence-corrected chi connectivity index (χ2v) is 5.97. The molecule has 130 valence electrons. The van der Waals surface area contributed by atoms with Crippen LogP contribution in [-0.4, -0.2) is 46.9 Å². The number of pyridine rings is 1. The fourth-order valence-corrected chi connectivity index (χ4v) is 2.83. The Morgan fingerprint density at radius 1 is 1.20 bits per heavy atom. The van der Waals surface area contributed by atoms with E-state index in [-0.39, 0.29) is 22.3 Å². The van der Waals surface area contributed by atoms with E-state index in [0.717, 1.165) is 11.8 Å². The van der Waals surface area contributed by atoms with E-state index < -0.39 is 10.7 Å². The first-order valence-electron chi connectivity index (χ1n) is 7.55. The van der Waals surface area contributed by atoms with Crippen molar-refractivity contribution in [1.29, 1.82) is 0 Å². The van der Waals surface area contributed by atoms with Crippen molar-refractivity contribution in [3.63, 3.8) is 0 Å². The minimum Gasteiger partial charge on any atom is -0.365 e. The van der Waals surface area contributed by atoms with Crippen LogP contribution in [0, 0.1) is 15.9 Å². The molecule has 0 aliphatic carbocycles. The van der Waals surface area contributed by atoms with E-state index in [2.05, 4.69) is 4.98 Å². The van der Waals surface area contributed by atoms with Crippen molar-refractivity contribution in [2.75, 3.05) is 31.1 Å². The van der Waals surface area contributed by atoms with Crippen molar-refractivity contribution >= 4 is 29.0 Å². The van der Waals surface area contributed by atoms with Crippen LogP contribution in [0.2, 0.25) is 5.02 Å². The number of anilines is 1. The summed E-state index contributed by atoms with van der Waals surface area (Å²) in [6, 6.07) is 6.95. The first-order chi connectivity index (χ1) is 12.0. The molecule has 0 saturated carbocycles. The predicted molar refractivity (Wildman–Crippen MR) is 90.4 cm³/mol. The molecule has 0 N–H and O–H groups in total. The number of carbonyl (C=O) groups is 1. The van der Waals surface area contributed by atoms with Gasteiger partial charge >= 0.3 is 5.82 Å². The molecule has 9 heteroatoms. The molecule has 1 amide bonds. The number of amides is 1. The lowest BCUT2D eigenvalue weighted by Gasteiger charge is -2.35. The molecule has 2 aromatic rings. The number of nitrogens with zero attached hydrogens (tertiary/aromatic N) is 4. The van der Waals surface area contributed by atoms with Gasteiger partial charge in [0.1, 0.15) is 5.82 Å². The van der Waals surface area contributed by atoms with Crippen LogP contribution in [0.3, 0.4) is 0 Å². The predicted octanol–water partition coefficient (Wildman–Crippen LogP) is 2.74. The third kappa shape index (κ3) is 3.69. The van der Waals surface area contributed by atoms with Crippen molar-refractivity contribution in [3.8, 4) is 0 Å². The molecule has 3 rings (SSSR count). The third-order valence-corrected chi connectivity index (χ3v) is 4.25. The summed E-state index contributed by atoms with van der Waals surface area (Å²) < 4.78 is 13.9. The Bertz CT molecular complexity index is 808. The molecule has 2 heterocycles. The Morgan fingerprint density at radius 3 is 2.48 bits per heavy atom. The molecule has 1 saturated heterocycles. The zero-order valence-electron chi connectivity index (χ0n) is 13.1. The smallest absolute Gasteiger partial charge is 0.363 e. The highest BCUT2D eigenvalue weighted by atomic mass is 35.5. The van der Waals surface area contributed by atoms with Crippen molar-refractivity contribution in [2.45, 2.75) is 0 Å². The van der Waals surface area contributed by atoms with Gasteiger partial charge in [-0.05, 0) is 34.2 Å². The van der Waals surface area contributed by atoms with Gasteiger partial charge in [0.2, 0.25) is 0 Å². The summed E-state index contributed by atoms with van der Waals surface area (Å²) in [5.41, 5.74) is 0.741. The number of nitro groups is 1. The molecule has 1 fully saturated rings. The second kappa shape index (κ2) is 7.02. The summed E-state index contributed by atoms with van der Waals surface area (Å²) in [4.78, 5) is 29.8. The van der Waals surface area contributed by atoms with Gasteiger partial charge in [0.25, 0.3) is 5.91 Å². The molecule has 0 atom stereocenters. The highest BCUT2D eigenvalue weighted by Crippen LogP contribution is 2.20. The largest absolute Gasteiger partial charge is 0.365 e. The number of hydrogen-bond donors (Lipinski definition) is 0. The summed E-state index contributed by atoms with van der Waals surface area (Å²) in [5, 5.41) is 10.9. The maximum absolute atomic E-state index is 13.9. The second-order valence-electron chi connectivity index (χ2n) is 5.54. The first kappa shape index (κ1) is 17.1. The topological polar surface area (TPSA) is 79.6 Å². The van der Waals surface area contributed by atoms with E-state index in [1.807, 2.05) is 4.90 Å². The lowest BCUT2D eigenvalue weighted by atomic mass is 10.1. The van der Waals surface area contributed by atoms with Gasteiger partial charge in [0.15, 0.2) is 6.20 Å². The fourth-order valence-electron chi connectivity index (χ4n) is 2.67. The minimum atomic E-state index is -0.639.